The number of rotatable bonds is 4. The molecule has 0 unspecified atom stereocenters. The molecule has 3 rings (SSSR count). The lowest BCUT2D eigenvalue weighted by molar-refractivity contribution is 0.101. The number of nitrogens with zero attached hydrogens (tertiary/aromatic N) is 2. The van der Waals surface area contributed by atoms with Crippen LogP contribution in [0.15, 0.2) is 51.0 Å². The fourth-order valence-electron chi connectivity index (χ4n) is 2.17. The SMILES string of the molecule is Cn1ncc(Cl)c1C(=O)Nc1cscc1S(=O)(=O)c1ccc(Cl)cc1. The second-order valence-corrected chi connectivity index (χ2v) is 8.53. The summed E-state index contributed by atoms with van der Waals surface area (Å²) >= 11 is 12.9. The molecule has 0 fully saturated rings. The van der Waals surface area contributed by atoms with Crippen LogP contribution in [-0.4, -0.2) is 24.1 Å². The molecule has 0 saturated carbocycles. The molecule has 0 saturated heterocycles. The highest BCUT2D eigenvalue weighted by Gasteiger charge is 2.25. The Kier molecular flexibility index (Phi) is 4.88. The summed E-state index contributed by atoms with van der Waals surface area (Å²) in [5.41, 5.74) is 0.324. The van der Waals surface area contributed by atoms with Gasteiger partial charge in [-0.2, -0.15) is 5.10 Å². The second-order valence-electron chi connectivity index (χ2n) is 5.03. The number of nitrogens with one attached hydrogen (secondary N) is 1. The van der Waals surface area contributed by atoms with E-state index in [-0.39, 0.29) is 26.2 Å². The van der Waals surface area contributed by atoms with E-state index in [0.717, 1.165) is 11.3 Å². The van der Waals surface area contributed by atoms with Crippen molar-refractivity contribution in [2.45, 2.75) is 9.79 Å². The molecule has 2 heterocycles. The molecule has 1 aromatic carbocycles. The minimum absolute atomic E-state index is 0.00598. The largest absolute Gasteiger partial charge is 0.319 e. The summed E-state index contributed by atoms with van der Waals surface area (Å²) in [6.07, 6.45) is 1.34. The maximum Gasteiger partial charge on any atom is 0.275 e. The van der Waals surface area contributed by atoms with Crippen LogP contribution < -0.4 is 5.32 Å². The van der Waals surface area contributed by atoms with Gasteiger partial charge < -0.3 is 5.32 Å². The molecule has 0 radical (unpaired) electrons. The number of aryl methyl sites for hydroxylation is 1. The maximum atomic E-state index is 12.8. The summed E-state index contributed by atoms with van der Waals surface area (Å²) in [5.74, 6) is -0.545. The van der Waals surface area contributed by atoms with E-state index in [0.29, 0.717) is 5.02 Å². The average Bonchev–Trinajstić information content (AvgIpc) is 3.14. The van der Waals surface area contributed by atoms with Crippen molar-refractivity contribution in [3.05, 3.63) is 57.0 Å². The van der Waals surface area contributed by atoms with Gasteiger partial charge in [0.25, 0.3) is 5.91 Å². The summed E-state index contributed by atoms with van der Waals surface area (Å²) < 4.78 is 26.9. The van der Waals surface area contributed by atoms with Crippen LogP contribution in [0.5, 0.6) is 0 Å². The predicted molar refractivity (Wildman–Crippen MR) is 97.4 cm³/mol. The number of amides is 1. The van der Waals surface area contributed by atoms with Gasteiger partial charge in [0.2, 0.25) is 9.84 Å². The molecule has 0 atom stereocenters. The molecule has 0 aliphatic heterocycles. The molecule has 3 aromatic rings. The van der Waals surface area contributed by atoms with Crippen LogP contribution in [0.4, 0.5) is 5.69 Å². The number of hydrogen-bond donors (Lipinski definition) is 1. The topological polar surface area (TPSA) is 81.1 Å². The number of carbonyl (C=O) groups excluding carboxylic acids is 1. The quantitative estimate of drug-likeness (QED) is 0.700. The van der Waals surface area contributed by atoms with Gasteiger partial charge in [-0.25, -0.2) is 8.42 Å². The van der Waals surface area contributed by atoms with Gasteiger partial charge in [0.15, 0.2) is 0 Å². The minimum Gasteiger partial charge on any atom is -0.319 e. The molecule has 10 heteroatoms. The molecule has 0 bridgehead atoms. The fraction of sp³-hybridized carbons (Fsp3) is 0.0667. The van der Waals surface area contributed by atoms with Crippen molar-refractivity contribution in [3.63, 3.8) is 0 Å². The van der Waals surface area contributed by atoms with E-state index in [2.05, 4.69) is 10.4 Å². The number of carbonyl (C=O) groups is 1. The Hall–Kier alpha value is -1.87. The number of thiophene rings is 1. The van der Waals surface area contributed by atoms with Crippen molar-refractivity contribution in [1.29, 1.82) is 0 Å². The Morgan fingerprint density at radius 1 is 1.20 bits per heavy atom. The average molecular weight is 416 g/mol. The van der Waals surface area contributed by atoms with Crippen molar-refractivity contribution in [2.24, 2.45) is 7.05 Å². The van der Waals surface area contributed by atoms with Crippen molar-refractivity contribution < 1.29 is 13.2 Å². The zero-order valence-corrected chi connectivity index (χ0v) is 15.9. The number of benzene rings is 1. The van der Waals surface area contributed by atoms with Gasteiger partial charge in [-0.15, -0.1) is 11.3 Å². The Labute approximate surface area is 157 Å². The lowest BCUT2D eigenvalue weighted by atomic mass is 10.4. The molecule has 25 heavy (non-hydrogen) atoms. The first kappa shape index (κ1) is 17.9. The van der Waals surface area contributed by atoms with Gasteiger partial charge >= 0.3 is 0 Å². The first-order valence-corrected chi connectivity index (χ1v) is 10.0. The summed E-state index contributed by atoms with van der Waals surface area (Å²) in [4.78, 5) is 12.5. The molecular weight excluding hydrogens is 405 g/mol. The van der Waals surface area contributed by atoms with E-state index in [1.807, 2.05) is 0 Å². The summed E-state index contributed by atoms with van der Waals surface area (Å²) in [5, 5.41) is 10.1. The zero-order valence-electron chi connectivity index (χ0n) is 12.7. The maximum absolute atomic E-state index is 12.8. The van der Waals surface area contributed by atoms with Gasteiger partial charge in [-0.1, -0.05) is 23.2 Å². The highest BCUT2D eigenvalue weighted by Crippen LogP contribution is 2.32. The number of sulfone groups is 1. The van der Waals surface area contributed by atoms with Crippen LogP contribution in [0, 0.1) is 0 Å². The fourth-order valence-corrected chi connectivity index (χ4v) is 5.09. The highest BCUT2D eigenvalue weighted by molar-refractivity contribution is 7.91. The van der Waals surface area contributed by atoms with E-state index in [9.17, 15) is 13.2 Å². The third kappa shape index (κ3) is 3.43. The molecule has 6 nitrogen and oxygen atoms in total. The van der Waals surface area contributed by atoms with Crippen molar-refractivity contribution >= 4 is 56.0 Å². The molecule has 0 aliphatic rings. The molecule has 1 N–H and O–H groups in total. The highest BCUT2D eigenvalue weighted by atomic mass is 35.5. The zero-order chi connectivity index (χ0) is 18.2. The molecule has 0 aliphatic carbocycles. The minimum atomic E-state index is -3.80. The van der Waals surface area contributed by atoms with Crippen LogP contribution >= 0.6 is 34.5 Å². The van der Waals surface area contributed by atoms with E-state index in [1.54, 1.807) is 12.4 Å². The van der Waals surface area contributed by atoms with Crippen LogP contribution in [0.2, 0.25) is 10.0 Å². The summed E-state index contributed by atoms with van der Waals surface area (Å²) in [6.45, 7) is 0. The van der Waals surface area contributed by atoms with Crippen LogP contribution in [-0.2, 0) is 16.9 Å². The molecule has 0 spiro atoms. The van der Waals surface area contributed by atoms with Crippen LogP contribution in [0.3, 0.4) is 0 Å². The monoisotopic (exact) mass is 415 g/mol. The van der Waals surface area contributed by atoms with Crippen molar-refractivity contribution in [2.75, 3.05) is 5.32 Å². The molecular formula is C15H11Cl2N3O3S2. The van der Waals surface area contributed by atoms with E-state index >= 15 is 0 Å². The lowest BCUT2D eigenvalue weighted by Gasteiger charge is -2.08. The van der Waals surface area contributed by atoms with Gasteiger partial charge in [0.05, 0.1) is 21.8 Å². The third-order valence-corrected chi connectivity index (χ3v) is 6.63. The molecule has 2 aromatic heterocycles. The van der Waals surface area contributed by atoms with Crippen molar-refractivity contribution in [1.82, 2.24) is 9.78 Å². The number of halogens is 2. The molecule has 1 amide bonds. The van der Waals surface area contributed by atoms with E-state index < -0.39 is 15.7 Å². The third-order valence-electron chi connectivity index (χ3n) is 3.40. The number of aromatic nitrogens is 2. The van der Waals surface area contributed by atoms with Crippen LogP contribution in [0.25, 0.3) is 0 Å². The van der Waals surface area contributed by atoms with Gasteiger partial charge in [-0.3, -0.25) is 9.48 Å². The van der Waals surface area contributed by atoms with Gasteiger partial charge in [0, 0.05) is 22.8 Å². The Balaban J connectivity index is 1.95. The number of hydrogen-bond acceptors (Lipinski definition) is 5. The van der Waals surface area contributed by atoms with Crippen molar-refractivity contribution in [3.8, 4) is 0 Å². The predicted octanol–water partition coefficient (Wildman–Crippen LogP) is 3.87. The lowest BCUT2D eigenvalue weighted by Crippen LogP contribution is -2.17. The van der Waals surface area contributed by atoms with E-state index in [4.69, 9.17) is 23.2 Å². The Morgan fingerprint density at radius 2 is 1.88 bits per heavy atom. The van der Waals surface area contributed by atoms with Crippen LogP contribution in [0.1, 0.15) is 10.5 Å². The summed E-state index contributed by atoms with van der Waals surface area (Å²) in [6, 6.07) is 5.82. The van der Waals surface area contributed by atoms with Gasteiger partial charge in [-0.05, 0) is 24.3 Å². The standard InChI is InChI=1S/C15H11Cl2N3O3S2/c1-20-14(11(17)6-18-20)15(21)19-12-7-24-8-13(12)25(22,23)10-4-2-9(16)3-5-10/h2-8H,1H3,(H,19,21). The second kappa shape index (κ2) is 6.80. The molecule has 130 valence electrons. The van der Waals surface area contributed by atoms with E-state index in [1.165, 1.54) is 40.5 Å². The number of anilines is 1. The smallest absolute Gasteiger partial charge is 0.275 e. The first-order chi connectivity index (χ1) is 11.8. The normalized spacial score (nSPS) is 11.5. The van der Waals surface area contributed by atoms with Gasteiger partial charge in [0.1, 0.15) is 10.6 Å². The Bertz CT molecular complexity index is 1020. The summed E-state index contributed by atoms with van der Waals surface area (Å²) in [7, 11) is -2.23. The Morgan fingerprint density at radius 3 is 2.48 bits per heavy atom. The first-order valence-electron chi connectivity index (χ1n) is 6.86.